The maximum absolute atomic E-state index is 13.3. The van der Waals surface area contributed by atoms with Crippen molar-refractivity contribution in [2.75, 3.05) is 32.1 Å². The van der Waals surface area contributed by atoms with Gasteiger partial charge in [-0.05, 0) is 69.4 Å². The van der Waals surface area contributed by atoms with Gasteiger partial charge in [-0.3, -0.25) is 9.69 Å². The second-order valence-electron chi connectivity index (χ2n) is 6.92. The summed E-state index contributed by atoms with van der Waals surface area (Å²) in [5.41, 5.74) is 2.64. The second kappa shape index (κ2) is 10.6. The number of carbonyl (C=O) groups is 1. The fraction of sp³-hybridized carbons (Fsp3) is 0.333. The van der Waals surface area contributed by atoms with Crippen LogP contribution in [0.1, 0.15) is 29.3 Å². The first-order chi connectivity index (χ1) is 13.4. The van der Waals surface area contributed by atoms with Gasteiger partial charge in [0.2, 0.25) is 0 Å². The van der Waals surface area contributed by atoms with Gasteiger partial charge in [-0.1, -0.05) is 47.5 Å². The molecule has 2 aromatic carbocycles. The van der Waals surface area contributed by atoms with Crippen molar-refractivity contribution < 1.29 is 4.79 Å². The van der Waals surface area contributed by atoms with Crippen LogP contribution in [0.3, 0.4) is 0 Å². The minimum Gasteiger partial charge on any atom is -0.309 e. The lowest BCUT2D eigenvalue weighted by Gasteiger charge is -2.21. The Hall–Kier alpha value is -1.37. The monoisotopic (exact) mass is 471 g/mol. The fourth-order valence-electron chi connectivity index (χ4n) is 2.95. The molecule has 0 N–H and O–H groups in total. The summed E-state index contributed by atoms with van der Waals surface area (Å²) in [6.45, 7) is 3.58. The molecule has 0 radical (unpaired) electrons. The third-order valence-electron chi connectivity index (χ3n) is 4.42. The zero-order valence-corrected chi connectivity index (χ0v) is 19.8. The van der Waals surface area contributed by atoms with Crippen molar-refractivity contribution in [1.29, 1.82) is 0 Å². The van der Waals surface area contributed by atoms with Gasteiger partial charge < -0.3 is 4.90 Å². The predicted octanol–water partition coefficient (Wildman–Crippen LogP) is 6.19. The first-order valence-corrected chi connectivity index (χ1v) is 10.8. The van der Waals surface area contributed by atoms with Gasteiger partial charge in [-0.2, -0.15) is 0 Å². The van der Waals surface area contributed by atoms with Crippen molar-refractivity contribution in [3.63, 3.8) is 0 Å². The van der Waals surface area contributed by atoms with Gasteiger partial charge in [0.05, 0.1) is 10.2 Å². The molecule has 0 unspecified atom stereocenters. The molecule has 3 aromatic rings. The summed E-state index contributed by atoms with van der Waals surface area (Å²) in [4.78, 5) is 21.8. The van der Waals surface area contributed by atoms with Crippen LogP contribution in [0.5, 0.6) is 0 Å². The number of hydrogen-bond acceptors (Lipinski definition) is 4. The number of halogens is 3. The molecule has 1 amide bonds. The molecule has 156 valence electrons. The number of benzene rings is 2. The first kappa shape index (κ1) is 23.9. The Kier molecular flexibility index (Phi) is 8.73. The Labute approximate surface area is 191 Å². The molecule has 0 saturated carbocycles. The van der Waals surface area contributed by atoms with E-state index in [-0.39, 0.29) is 18.3 Å². The molecule has 0 aliphatic heterocycles. The molecule has 0 atom stereocenters. The smallest absolute Gasteiger partial charge is 0.260 e. The summed E-state index contributed by atoms with van der Waals surface area (Å²) in [7, 11) is 4.04. The summed E-state index contributed by atoms with van der Waals surface area (Å²) in [6, 6.07) is 11.2. The summed E-state index contributed by atoms with van der Waals surface area (Å²) in [5, 5.41) is 1.59. The molecule has 1 aromatic heterocycles. The van der Waals surface area contributed by atoms with Crippen molar-refractivity contribution >= 4 is 68.2 Å². The van der Waals surface area contributed by atoms with E-state index in [0.29, 0.717) is 27.3 Å². The minimum absolute atomic E-state index is 0. The molecule has 0 fully saturated rings. The van der Waals surface area contributed by atoms with Gasteiger partial charge in [-0.25, -0.2) is 4.98 Å². The number of aromatic nitrogens is 1. The van der Waals surface area contributed by atoms with Crippen molar-refractivity contribution in [3.05, 3.63) is 57.6 Å². The molecule has 0 saturated heterocycles. The van der Waals surface area contributed by atoms with Crippen LogP contribution in [0.4, 0.5) is 5.13 Å². The number of fused-ring (bicyclic) bond motifs is 1. The maximum atomic E-state index is 13.3. The zero-order valence-electron chi connectivity index (χ0n) is 16.6. The largest absolute Gasteiger partial charge is 0.309 e. The fourth-order valence-corrected chi connectivity index (χ4v) is 4.53. The lowest BCUT2D eigenvalue weighted by atomic mass is 10.2. The summed E-state index contributed by atoms with van der Waals surface area (Å²) >= 11 is 13.8. The number of carbonyl (C=O) groups excluding carboxylic acids is 1. The van der Waals surface area contributed by atoms with E-state index in [1.807, 2.05) is 20.2 Å². The molecule has 0 bridgehead atoms. The number of rotatable bonds is 7. The standard InChI is InChI=1S/C21H23Cl2N3OS.ClH/c1-4-14-6-7-18-19(10-14)28-21(24-18)26(9-5-8-25(2)3)20(27)15-11-16(22)13-17(23)12-15;/h6-7,10-13H,4-5,8-9H2,1-3H3;1H. The van der Waals surface area contributed by atoms with Crippen LogP contribution in [0.15, 0.2) is 36.4 Å². The number of anilines is 1. The Balaban J connectivity index is 0.00000300. The molecule has 8 heteroatoms. The van der Waals surface area contributed by atoms with Gasteiger partial charge in [0.1, 0.15) is 0 Å². The highest BCUT2D eigenvalue weighted by molar-refractivity contribution is 7.22. The van der Waals surface area contributed by atoms with Crippen LogP contribution in [-0.2, 0) is 6.42 Å². The normalized spacial score (nSPS) is 11.0. The zero-order chi connectivity index (χ0) is 20.3. The number of thiazole rings is 1. The van der Waals surface area contributed by atoms with Crippen LogP contribution in [0.25, 0.3) is 10.2 Å². The van der Waals surface area contributed by atoms with E-state index >= 15 is 0 Å². The number of amides is 1. The Bertz CT molecular complexity index is 970. The SMILES string of the molecule is CCc1ccc2nc(N(CCCN(C)C)C(=O)c3cc(Cl)cc(Cl)c3)sc2c1.Cl. The molecule has 0 aliphatic rings. The highest BCUT2D eigenvalue weighted by atomic mass is 35.5. The molecule has 1 heterocycles. The van der Waals surface area contributed by atoms with Gasteiger partial charge >= 0.3 is 0 Å². The van der Waals surface area contributed by atoms with E-state index in [0.717, 1.165) is 29.6 Å². The molecule has 3 rings (SSSR count). The van der Waals surface area contributed by atoms with Gasteiger partial charge in [0.25, 0.3) is 5.91 Å². The Morgan fingerprint density at radius 1 is 1.07 bits per heavy atom. The maximum Gasteiger partial charge on any atom is 0.260 e. The van der Waals surface area contributed by atoms with Crippen LogP contribution in [0, 0.1) is 0 Å². The molecule has 29 heavy (non-hydrogen) atoms. The Morgan fingerprint density at radius 3 is 2.38 bits per heavy atom. The van der Waals surface area contributed by atoms with E-state index in [4.69, 9.17) is 28.2 Å². The van der Waals surface area contributed by atoms with E-state index in [2.05, 4.69) is 24.0 Å². The van der Waals surface area contributed by atoms with E-state index in [1.165, 1.54) is 16.9 Å². The summed E-state index contributed by atoms with van der Waals surface area (Å²) in [6.07, 6.45) is 1.80. The van der Waals surface area contributed by atoms with Crippen LogP contribution in [0.2, 0.25) is 10.0 Å². The van der Waals surface area contributed by atoms with Gasteiger partial charge in [-0.15, -0.1) is 12.4 Å². The highest BCUT2D eigenvalue weighted by Crippen LogP contribution is 2.31. The third-order valence-corrected chi connectivity index (χ3v) is 5.90. The lowest BCUT2D eigenvalue weighted by molar-refractivity contribution is 0.0986. The number of hydrogen-bond donors (Lipinski definition) is 0. The van der Waals surface area contributed by atoms with Crippen LogP contribution >= 0.6 is 46.9 Å². The van der Waals surface area contributed by atoms with Gasteiger partial charge in [0.15, 0.2) is 5.13 Å². The minimum atomic E-state index is -0.141. The Morgan fingerprint density at radius 2 is 1.76 bits per heavy atom. The van der Waals surface area contributed by atoms with Gasteiger partial charge in [0, 0.05) is 22.2 Å². The molecule has 0 spiro atoms. The van der Waals surface area contributed by atoms with E-state index in [1.54, 1.807) is 23.1 Å². The second-order valence-corrected chi connectivity index (χ2v) is 8.81. The lowest BCUT2D eigenvalue weighted by Crippen LogP contribution is -2.33. The average molecular weight is 473 g/mol. The van der Waals surface area contributed by atoms with Crippen molar-refractivity contribution in [3.8, 4) is 0 Å². The predicted molar refractivity (Wildman–Crippen MR) is 128 cm³/mol. The van der Waals surface area contributed by atoms with Crippen molar-refractivity contribution in [2.45, 2.75) is 19.8 Å². The van der Waals surface area contributed by atoms with Crippen LogP contribution < -0.4 is 4.90 Å². The molecule has 4 nitrogen and oxygen atoms in total. The number of nitrogens with zero attached hydrogens (tertiary/aromatic N) is 3. The van der Waals surface area contributed by atoms with Crippen molar-refractivity contribution in [1.82, 2.24) is 9.88 Å². The summed E-state index contributed by atoms with van der Waals surface area (Å²) < 4.78 is 1.09. The number of aryl methyl sites for hydroxylation is 1. The third kappa shape index (κ3) is 6.06. The summed E-state index contributed by atoms with van der Waals surface area (Å²) in [5.74, 6) is -0.141. The average Bonchev–Trinajstić information content (AvgIpc) is 3.06. The molecule has 0 aliphatic carbocycles. The van der Waals surface area contributed by atoms with Crippen molar-refractivity contribution in [2.24, 2.45) is 0 Å². The first-order valence-electron chi connectivity index (χ1n) is 9.19. The van der Waals surface area contributed by atoms with E-state index in [9.17, 15) is 4.79 Å². The molecular formula is C21H24Cl3N3OS. The topological polar surface area (TPSA) is 36.4 Å². The van der Waals surface area contributed by atoms with E-state index < -0.39 is 0 Å². The molecular weight excluding hydrogens is 449 g/mol. The highest BCUT2D eigenvalue weighted by Gasteiger charge is 2.22. The van der Waals surface area contributed by atoms with Crippen LogP contribution in [-0.4, -0.2) is 43.0 Å². The quantitative estimate of drug-likeness (QED) is 0.411.